The third-order valence-electron chi connectivity index (χ3n) is 4.21. The first-order valence-electron chi connectivity index (χ1n) is 6.98. The zero-order valence-corrected chi connectivity index (χ0v) is 13.3. The summed E-state index contributed by atoms with van der Waals surface area (Å²) in [5.41, 5.74) is 0.449. The van der Waals surface area contributed by atoms with Crippen molar-refractivity contribution in [2.75, 3.05) is 38.7 Å². The van der Waals surface area contributed by atoms with Gasteiger partial charge in [0.2, 0.25) is 0 Å². The summed E-state index contributed by atoms with van der Waals surface area (Å²) in [5.74, 6) is 0.746. The zero-order valence-electron chi connectivity index (χ0n) is 11.7. The van der Waals surface area contributed by atoms with Gasteiger partial charge in [0, 0.05) is 25.0 Å². The Balaban J connectivity index is 2.38. The molecule has 0 aromatic heterocycles. The first-order valence-corrected chi connectivity index (χ1v) is 8.10. The van der Waals surface area contributed by atoms with E-state index >= 15 is 0 Å². The molecule has 0 spiro atoms. The van der Waals surface area contributed by atoms with E-state index in [1.54, 1.807) is 0 Å². The maximum absolute atomic E-state index is 5.56. The van der Waals surface area contributed by atoms with Crippen LogP contribution in [0.25, 0.3) is 0 Å². The van der Waals surface area contributed by atoms with Crippen LogP contribution in [-0.4, -0.2) is 43.6 Å². The highest BCUT2D eigenvalue weighted by Crippen LogP contribution is 2.30. The lowest BCUT2D eigenvalue weighted by Gasteiger charge is -2.36. The quantitative estimate of drug-likeness (QED) is 0.667. The summed E-state index contributed by atoms with van der Waals surface area (Å²) >= 11 is 3.70. The van der Waals surface area contributed by atoms with Crippen molar-refractivity contribution in [1.82, 2.24) is 4.90 Å². The van der Waals surface area contributed by atoms with Crippen molar-refractivity contribution in [3.63, 3.8) is 0 Å². The topological polar surface area (TPSA) is 12.5 Å². The van der Waals surface area contributed by atoms with Gasteiger partial charge in [-0.15, -0.1) is 0 Å². The molecule has 1 rings (SSSR count). The van der Waals surface area contributed by atoms with E-state index < -0.39 is 0 Å². The lowest BCUT2D eigenvalue weighted by atomic mass is 9.84. The van der Waals surface area contributed by atoms with Crippen LogP contribution in [0.1, 0.15) is 39.5 Å². The molecule has 2 nitrogen and oxygen atoms in total. The van der Waals surface area contributed by atoms with E-state index in [1.807, 2.05) is 0 Å². The van der Waals surface area contributed by atoms with Gasteiger partial charge >= 0.3 is 0 Å². The Labute approximate surface area is 115 Å². The first-order chi connectivity index (χ1) is 8.15. The highest BCUT2D eigenvalue weighted by molar-refractivity contribution is 9.09. The van der Waals surface area contributed by atoms with Gasteiger partial charge < -0.3 is 9.64 Å². The molecule has 3 heteroatoms. The van der Waals surface area contributed by atoms with Crippen molar-refractivity contribution in [2.45, 2.75) is 39.5 Å². The van der Waals surface area contributed by atoms with E-state index in [0.717, 1.165) is 24.5 Å². The van der Waals surface area contributed by atoms with Crippen LogP contribution < -0.4 is 0 Å². The van der Waals surface area contributed by atoms with E-state index in [0.29, 0.717) is 5.41 Å². The molecule has 0 saturated carbocycles. The maximum Gasteiger partial charge on any atom is 0.0506 e. The Bertz CT molecular complexity index is 192. The molecule has 0 bridgehead atoms. The second kappa shape index (κ2) is 7.75. The van der Waals surface area contributed by atoms with Gasteiger partial charge in [0.1, 0.15) is 0 Å². The van der Waals surface area contributed by atoms with Gasteiger partial charge in [0.05, 0.1) is 6.61 Å². The predicted octanol–water partition coefficient (Wildman–Crippen LogP) is 3.55. The lowest BCUT2D eigenvalue weighted by Crippen LogP contribution is -2.40. The van der Waals surface area contributed by atoms with Crippen molar-refractivity contribution in [1.29, 1.82) is 0 Å². The molecule has 0 amide bonds. The molecule has 0 aromatic rings. The summed E-state index contributed by atoms with van der Waals surface area (Å²) in [6.07, 6.45) is 5.08. The van der Waals surface area contributed by atoms with Crippen LogP contribution in [0.5, 0.6) is 0 Å². The number of alkyl halides is 1. The van der Waals surface area contributed by atoms with E-state index in [1.165, 1.54) is 38.8 Å². The average molecular weight is 306 g/mol. The molecule has 102 valence electrons. The first kappa shape index (κ1) is 15.5. The zero-order chi connectivity index (χ0) is 12.7. The highest BCUT2D eigenvalue weighted by atomic mass is 79.9. The number of rotatable bonds is 7. The van der Waals surface area contributed by atoms with Crippen LogP contribution in [0, 0.1) is 11.3 Å². The fraction of sp³-hybridized carbons (Fsp3) is 1.00. The molecule has 1 saturated heterocycles. The van der Waals surface area contributed by atoms with Gasteiger partial charge in [-0.3, -0.25) is 0 Å². The van der Waals surface area contributed by atoms with Crippen LogP contribution in [-0.2, 0) is 4.74 Å². The summed E-state index contributed by atoms with van der Waals surface area (Å²) < 4.78 is 5.56. The molecule has 0 radical (unpaired) electrons. The lowest BCUT2D eigenvalue weighted by molar-refractivity contribution is 0.0362. The summed E-state index contributed by atoms with van der Waals surface area (Å²) in [7, 11) is 2.26. The molecule has 0 aliphatic carbocycles. The summed E-state index contributed by atoms with van der Waals surface area (Å²) in [4.78, 5) is 2.51. The molecular weight excluding hydrogens is 278 g/mol. The minimum absolute atomic E-state index is 0.449. The Kier molecular flexibility index (Phi) is 7.05. The third kappa shape index (κ3) is 4.88. The summed E-state index contributed by atoms with van der Waals surface area (Å²) in [6, 6.07) is 0. The van der Waals surface area contributed by atoms with Crippen molar-refractivity contribution in [3.8, 4) is 0 Å². The van der Waals surface area contributed by atoms with Crippen LogP contribution in [0.2, 0.25) is 0 Å². The van der Waals surface area contributed by atoms with E-state index in [2.05, 4.69) is 41.7 Å². The Hall–Kier alpha value is 0.400. The predicted molar refractivity (Wildman–Crippen MR) is 77.8 cm³/mol. The normalized spacial score (nSPS) is 22.1. The second-order valence-corrected chi connectivity index (χ2v) is 6.18. The van der Waals surface area contributed by atoms with Crippen molar-refractivity contribution in [2.24, 2.45) is 11.3 Å². The minimum atomic E-state index is 0.449. The molecule has 1 aliphatic heterocycles. The number of nitrogens with zero attached hydrogens (tertiary/aromatic N) is 1. The monoisotopic (exact) mass is 305 g/mol. The number of halogens is 1. The minimum Gasteiger partial charge on any atom is -0.381 e. The smallest absolute Gasteiger partial charge is 0.0506 e. The van der Waals surface area contributed by atoms with Crippen molar-refractivity contribution in [3.05, 3.63) is 0 Å². The standard InChI is InChI=1S/C14H28BrNO/c1-4-14(5-2,11-15)12-16(3)9-13-7-6-8-17-10-13/h13H,4-12H2,1-3H3. The van der Waals surface area contributed by atoms with E-state index in [9.17, 15) is 0 Å². The van der Waals surface area contributed by atoms with Gasteiger partial charge in [-0.05, 0) is 44.1 Å². The van der Waals surface area contributed by atoms with Gasteiger partial charge in [0.15, 0.2) is 0 Å². The largest absolute Gasteiger partial charge is 0.381 e. The molecule has 1 aliphatic rings. The highest BCUT2D eigenvalue weighted by Gasteiger charge is 2.27. The molecular formula is C14H28BrNO. The molecule has 17 heavy (non-hydrogen) atoms. The van der Waals surface area contributed by atoms with Crippen LogP contribution in [0.4, 0.5) is 0 Å². The number of ether oxygens (including phenoxy) is 1. The second-order valence-electron chi connectivity index (χ2n) is 5.62. The number of hydrogen-bond donors (Lipinski definition) is 0. The Morgan fingerprint density at radius 2 is 2.06 bits per heavy atom. The van der Waals surface area contributed by atoms with Gasteiger partial charge in [0.25, 0.3) is 0 Å². The fourth-order valence-electron chi connectivity index (χ4n) is 2.73. The maximum atomic E-state index is 5.56. The molecule has 0 N–H and O–H groups in total. The van der Waals surface area contributed by atoms with Gasteiger partial charge in [-0.1, -0.05) is 29.8 Å². The molecule has 1 heterocycles. The van der Waals surface area contributed by atoms with Crippen molar-refractivity contribution >= 4 is 15.9 Å². The van der Waals surface area contributed by atoms with Crippen LogP contribution in [0.15, 0.2) is 0 Å². The Morgan fingerprint density at radius 3 is 2.53 bits per heavy atom. The molecule has 1 atom stereocenters. The SMILES string of the molecule is CCC(CC)(CBr)CN(C)CC1CCCOC1. The third-order valence-corrected chi connectivity index (χ3v) is 5.40. The fourth-order valence-corrected chi connectivity index (χ4v) is 3.70. The molecule has 1 fully saturated rings. The average Bonchev–Trinajstić information content (AvgIpc) is 2.37. The van der Waals surface area contributed by atoms with Crippen molar-refractivity contribution < 1.29 is 4.74 Å². The number of hydrogen-bond acceptors (Lipinski definition) is 2. The summed E-state index contributed by atoms with van der Waals surface area (Å²) in [5, 5.41) is 1.11. The van der Waals surface area contributed by atoms with Gasteiger partial charge in [-0.2, -0.15) is 0 Å². The van der Waals surface area contributed by atoms with E-state index in [-0.39, 0.29) is 0 Å². The molecule has 0 aromatic carbocycles. The van der Waals surface area contributed by atoms with Gasteiger partial charge in [-0.25, -0.2) is 0 Å². The molecule has 1 unspecified atom stereocenters. The summed E-state index contributed by atoms with van der Waals surface area (Å²) in [6.45, 7) is 8.93. The van der Waals surface area contributed by atoms with Crippen LogP contribution >= 0.6 is 15.9 Å². The van der Waals surface area contributed by atoms with E-state index in [4.69, 9.17) is 4.74 Å². The van der Waals surface area contributed by atoms with Crippen LogP contribution in [0.3, 0.4) is 0 Å². The Morgan fingerprint density at radius 1 is 1.35 bits per heavy atom.